The fourth-order valence-electron chi connectivity index (χ4n) is 2.91. The van der Waals surface area contributed by atoms with Crippen molar-refractivity contribution in [1.29, 1.82) is 0 Å². The maximum absolute atomic E-state index is 12.4. The van der Waals surface area contributed by atoms with Crippen LogP contribution in [0.4, 0.5) is 5.95 Å². The third kappa shape index (κ3) is 3.85. The number of rotatable bonds is 5. The van der Waals surface area contributed by atoms with Crippen LogP contribution in [0.2, 0.25) is 0 Å². The zero-order chi connectivity index (χ0) is 16.1. The second-order valence-corrected chi connectivity index (χ2v) is 5.79. The van der Waals surface area contributed by atoms with Gasteiger partial charge in [-0.2, -0.15) is 0 Å². The van der Waals surface area contributed by atoms with E-state index >= 15 is 0 Å². The topological polar surface area (TPSA) is 75.9 Å². The van der Waals surface area contributed by atoms with E-state index in [1.54, 1.807) is 24.7 Å². The van der Waals surface area contributed by atoms with Crippen LogP contribution in [0.1, 0.15) is 18.7 Å². The molecule has 122 valence electrons. The molecule has 1 unspecified atom stereocenters. The first-order valence-corrected chi connectivity index (χ1v) is 8.01. The summed E-state index contributed by atoms with van der Waals surface area (Å²) in [7, 11) is 0. The van der Waals surface area contributed by atoms with Crippen LogP contribution >= 0.6 is 0 Å². The minimum atomic E-state index is -0.00330. The van der Waals surface area contributed by atoms with Crippen LogP contribution in [0.15, 0.2) is 30.9 Å². The Morgan fingerprint density at radius 2 is 2.13 bits per heavy atom. The van der Waals surface area contributed by atoms with Gasteiger partial charge >= 0.3 is 0 Å². The second-order valence-electron chi connectivity index (χ2n) is 5.79. The second kappa shape index (κ2) is 7.21. The Balaban J connectivity index is 1.50. The van der Waals surface area contributed by atoms with Gasteiger partial charge in [-0.05, 0) is 25.8 Å². The van der Waals surface area contributed by atoms with Gasteiger partial charge in [0.2, 0.25) is 11.9 Å². The Morgan fingerprint density at radius 3 is 2.87 bits per heavy atom. The Hall–Kier alpha value is -2.44. The molecule has 7 heteroatoms. The standard InChI is InChI=1S/C16H22N6O/c1-13-17-7-10-21(13)11-8-18-15(23)14-4-2-9-22(12-14)16-19-5-3-6-20-16/h3,5-7,10,14H,2,4,8-9,11-12H2,1H3,(H,18,23). The lowest BCUT2D eigenvalue weighted by Gasteiger charge is -2.31. The van der Waals surface area contributed by atoms with Gasteiger partial charge in [-0.3, -0.25) is 4.79 Å². The molecule has 0 aromatic carbocycles. The molecule has 1 aliphatic rings. The first-order chi connectivity index (χ1) is 11.2. The van der Waals surface area contributed by atoms with Crippen LogP contribution in [0, 0.1) is 12.8 Å². The molecule has 2 aromatic rings. The molecule has 0 spiro atoms. The van der Waals surface area contributed by atoms with Crippen molar-refractivity contribution < 1.29 is 4.79 Å². The third-order valence-electron chi connectivity index (χ3n) is 4.20. The zero-order valence-corrected chi connectivity index (χ0v) is 13.4. The average Bonchev–Trinajstić information content (AvgIpc) is 3.01. The molecular weight excluding hydrogens is 292 g/mol. The molecule has 1 atom stereocenters. The van der Waals surface area contributed by atoms with Crippen LogP contribution in [0.25, 0.3) is 0 Å². The summed E-state index contributed by atoms with van der Waals surface area (Å²) in [6.07, 6.45) is 9.07. The number of imidazole rings is 1. The minimum absolute atomic E-state index is 0.00330. The summed E-state index contributed by atoms with van der Waals surface area (Å²) in [6.45, 7) is 4.91. The normalized spacial score (nSPS) is 18.0. The summed E-state index contributed by atoms with van der Waals surface area (Å²) in [6, 6.07) is 1.80. The summed E-state index contributed by atoms with van der Waals surface area (Å²) in [5, 5.41) is 3.03. The van der Waals surface area contributed by atoms with Gasteiger partial charge in [-0.25, -0.2) is 15.0 Å². The lowest BCUT2D eigenvalue weighted by molar-refractivity contribution is -0.125. The first kappa shape index (κ1) is 15.5. The maximum Gasteiger partial charge on any atom is 0.225 e. The zero-order valence-electron chi connectivity index (χ0n) is 13.4. The molecule has 0 bridgehead atoms. The highest BCUT2D eigenvalue weighted by Gasteiger charge is 2.26. The van der Waals surface area contributed by atoms with Gasteiger partial charge in [-0.1, -0.05) is 0 Å². The predicted molar refractivity (Wildman–Crippen MR) is 86.9 cm³/mol. The van der Waals surface area contributed by atoms with Gasteiger partial charge in [0.25, 0.3) is 0 Å². The molecule has 1 fully saturated rings. The number of aromatic nitrogens is 4. The fourth-order valence-corrected chi connectivity index (χ4v) is 2.91. The van der Waals surface area contributed by atoms with E-state index in [0.29, 0.717) is 19.0 Å². The summed E-state index contributed by atoms with van der Waals surface area (Å²) >= 11 is 0. The van der Waals surface area contributed by atoms with Crippen molar-refractivity contribution in [3.8, 4) is 0 Å². The molecule has 0 saturated carbocycles. The summed E-state index contributed by atoms with van der Waals surface area (Å²) in [5.41, 5.74) is 0. The highest BCUT2D eigenvalue weighted by molar-refractivity contribution is 5.79. The van der Waals surface area contributed by atoms with Crippen molar-refractivity contribution in [3.05, 3.63) is 36.7 Å². The first-order valence-electron chi connectivity index (χ1n) is 8.01. The number of anilines is 1. The molecule has 1 N–H and O–H groups in total. The number of carbonyl (C=O) groups excluding carboxylic acids is 1. The van der Waals surface area contributed by atoms with Crippen molar-refractivity contribution >= 4 is 11.9 Å². The predicted octanol–water partition coefficient (Wildman–Crippen LogP) is 1.01. The Labute approximate surface area is 135 Å². The average molecular weight is 314 g/mol. The SMILES string of the molecule is Cc1nccn1CCNC(=O)C1CCCN(c2ncccn2)C1. The van der Waals surface area contributed by atoms with E-state index in [4.69, 9.17) is 0 Å². The van der Waals surface area contributed by atoms with Gasteiger partial charge in [0.1, 0.15) is 5.82 Å². The molecular formula is C16H22N6O. The van der Waals surface area contributed by atoms with Gasteiger partial charge in [0, 0.05) is 51.0 Å². The van der Waals surface area contributed by atoms with E-state index < -0.39 is 0 Å². The van der Waals surface area contributed by atoms with Crippen molar-refractivity contribution in [2.75, 3.05) is 24.5 Å². The number of carbonyl (C=O) groups is 1. The molecule has 1 amide bonds. The molecule has 3 heterocycles. The number of aryl methyl sites for hydroxylation is 1. The number of amides is 1. The van der Waals surface area contributed by atoms with Crippen LogP contribution in [0.3, 0.4) is 0 Å². The quantitative estimate of drug-likeness (QED) is 0.891. The molecule has 1 saturated heterocycles. The number of hydrogen-bond donors (Lipinski definition) is 1. The highest BCUT2D eigenvalue weighted by Crippen LogP contribution is 2.19. The Morgan fingerprint density at radius 1 is 1.30 bits per heavy atom. The van der Waals surface area contributed by atoms with E-state index in [2.05, 4.69) is 25.2 Å². The largest absolute Gasteiger partial charge is 0.354 e. The molecule has 2 aromatic heterocycles. The monoisotopic (exact) mass is 314 g/mol. The van der Waals surface area contributed by atoms with E-state index in [1.807, 2.05) is 17.7 Å². The lowest BCUT2D eigenvalue weighted by atomic mass is 9.97. The van der Waals surface area contributed by atoms with E-state index in [9.17, 15) is 4.79 Å². The molecule has 0 radical (unpaired) electrons. The van der Waals surface area contributed by atoms with Crippen molar-refractivity contribution in [1.82, 2.24) is 24.8 Å². The number of nitrogens with zero attached hydrogens (tertiary/aromatic N) is 5. The Bertz CT molecular complexity index is 641. The van der Waals surface area contributed by atoms with Crippen LogP contribution in [-0.4, -0.2) is 45.1 Å². The molecule has 23 heavy (non-hydrogen) atoms. The van der Waals surface area contributed by atoms with E-state index in [1.165, 1.54) is 0 Å². The Kier molecular flexibility index (Phi) is 4.85. The van der Waals surface area contributed by atoms with Gasteiger partial charge in [0.05, 0.1) is 5.92 Å². The van der Waals surface area contributed by atoms with Crippen molar-refractivity contribution in [3.63, 3.8) is 0 Å². The fraction of sp³-hybridized carbons (Fsp3) is 0.500. The number of piperidine rings is 1. The van der Waals surface area contributed by atoms with Crippen molar-refractivity contribution in [2.24, 2.45) is 5.92 Å². The number of hydrogen-bond acceptors (Lipinski definition) is 5. The van der Waals surface area contributed by atoms with Crippen molar-refractivity contribution in [2.45, 2.75) is 26.3 Å². The van der Waals surface area contributed by atoms with Gasteiger partial charge in [0.15, 0.2) is 0 Å². The van der Waals surface area contributed by atoms with E-state index in [-0.39, 0.29) is 11.8 Å². The van der Waals surface area contributed by atoms with Crippen LogP contribution in [0.5, 0.6) is 0 Å². The third-order valence-corrected chi connectivity index (χ3v) is 4.20. The maximum atomic E-state index is 12.4. The van der Waals surface area contributed by atoms with Crippen LogP contribution < -0.4 is 10.2 Å². The number of nitrogens with one attached hydrogen (secondary N) is 1. The minimum Gasteiger partial charge on any atom is -0.354 e. The van der Waals surface area contributed by atoms with Crippen LogP contribution in [-0.2, 0) is 11.3 Å². The summed E-state index contributed by atoms with van der Waals surface area (Å²) < 4.78 is 2.03. The van der Waals surface area contributed by atoms with Gasteiger partial charge in [-0.15, -0.1) is 0 Å². The van der Waals surface area contributed by atoms with Gasteiger partial charge < -0.3 is 14.8 Å². The summed E-state index contributed by atoms with van der Waals surface area (Å²) in [5.74, 6) is 1.78. The molecule has 0 aliphatic carbocycles. The molecule has 7 nitrogen and oxygen atoms in total. The molecule has 1 aliphatic heterocycles. The molecule has 3 rings (SSSR count). The lowest BCUT2D eigenvalue weighted by Crippen LogP contribution is -2.44. The highest BCUT2D eigenvalue weighted by atomic mass is 16.1. The smallest absolute Gasteiger partial charge is 0.225 e. The summed E-state index contributed by atoms with van der Waals surface area (Å²) in [4.78, 5) is 27.2. The van der Waals surface area contributed by atoms with E-state index in [0.717, 1.165) is 31.8 Å².